The Morgan fingerprint density at radius 2 is 1.81 bits per heavy atom. The number of carbonyl (C=O) groups excluding carboxylic acids is 1. The van der Waals surface area contributed by atoms with Gasteiger partial charge in [-0.3, -0.25) is 4.79 Å². The van der Waals surface area contributed by atoms with Gasteiger partial charge in [-0.1, -0.05) is 13.0 Å². The number of imidazole rings is 1. The van der Waals surface area contributed by atoms with E-state index in [-0.39, 0.29) is 5.91 Å². The number of nitrogens with zero attached hydrogens (tertiary/aromatic N) is 5. The molecule has 3 N–H and O–H groups in total. The molecule has 0 saturated carbocycles. The zero-order valence-corrected chi connectivity index (χ0v) is 25.1. The van der Waals surface area contributed by atoms with Crippen molar-refractivity contribution in [2.24, 2.45) is 0 Å². The van der Waals surface area contributed by atoms with Gasteiger partial charge in [0.1, 0.15) is 5.75 Å². The second kappa shape index (κ2) is 12.4. The van der Waals surface area contributed by atoms with Crippen LogP contribution in [0.3, 0.4) is 0 Å². The second-order valence-corrected chi connectivity index (χ2v) is 11.6. The molecule has 4 aromatic rings. The van der Waals surface area contributed by atoms with Crippen LogP contribution in [-0.4, -0.2) is 82.4 Å². The number of anilines is 2. The quantitative estimate of drug-likeness (QED) is 0.254. The predicted octanol–water partition coefficient (Wildman–Crippen LogP) is 4.57. The molecule has 1 aliphatic heterocycles. The third-order valence-corrected chi connectivity index (χ3v) is 7.39. The Labute approximate surface area is 247 Å². The van der Waals surface area contributed by atoms with Gasteiger partial charge in [0.05, 0.1) is 23.2 Å². The molecule has 10 nitrogen and oxygen atoms in total. The van der Waals surface area contributed by atoms with Crippen LogP contribution in [0.4, 0.5) is 11.4 Å². The van der Waals surface area contributed by atoms with E-state index < -0.39 is 5.60 Å². The first-order valence-electron chi connectivity index (χ1n) is 14.6. The van der Waals surface area contributed by atoms with Crippen LogP contribution in [0.1, 0.15) is 43.1 Å². The molecular formula is C32H41N7O3. The van der Waals surface area contributed by atoms with Crippen molar-refractivity contribution in [3.8, 4) is 22.9 Å². The molecule has 222 valence electrons. The van der Waals surface area contributed by atoms with Crippen LogP contribution in [0.2, 0.25) is 0 Å². The maximum absolute atomic E-state index is 12.6. The molecule has 0 atom stereocenters. The van der Waals surface area contributed by atoms with Crippen LogP contribution in [0.5, 0.6) is 11.6 Å². The summed E-state index contributed by atoms with van der Waals surface area (Å²) in [5, 5.41) is 21.4. The molecule has 0 unspecified atom stereocenters. The molecule has 0 radical (unpaired) electrons. The van der Waals surface area contributed by atoms with E-state index in [1.165, 1.54) is 5.69 Å². The topological polar surface area (TPSA) is 107 Å². The fourth-order valence-electron chi connectivity index (χ4n) is 4.96. The molecule has 5 rings (SSSR count). The Bertz CT molecular complexity index is 1530. The minimum Gasteiger partial charge on any atom is -0.438 e. The number of rotatable bonds is 10. The summed E-state index contributed by atoms with van der Waals surface area (Å²) in [5.74, 6) is 0.984. The maximum Gasteiger partial charge on any atom is 0.251 e. The van der Waals surface area contributed by atoms with Crippen LogP contribution in [0.15, 0.2) is 54.7 Å². The van der Waals surface area contributed by atoms with E-state index in [0.29, 0.717) is 41.6 Å². The van der Waals surface area contributed by atoms with Gasteiger partial charge in [-0.25, -0.2) is 9.50 Å². The Morgan fingerprint density at radius 1 is 1.07 bits per heavy atom. The van der Waals surface area contributed by atoms with E-state index in [1.807, 2.05) is 44.2 Å². The summed E-state index contributed by atoms with van der Waals surface area (Å²) < 4.78 is 7.99. The average molecular weight is 572 g/mol. The van der Waals surface area contributed by atoms with Gasteiger partial charge in [-0.2, -0.15) is 0 Å². The van der Waals surface area contributed by atoms with Gasteiger partial charge in [-0.05, 0) is 76.2 Å². The number of aryl methyl sites for hydroxylation is 1. The van der Waals surface area contributed by atoms with Crippen molar-refractivity contribution in [3.63, 3.8) is 0 Å². The van der Waals surface area contributed by atoms with E-state index in [1.54, 1.807) is 30.6 Å². The van der Waals surface area contributed by atoms with Crippen molar-refractivity contribution in [2.75, 3.05) is 56.5 Å². The molecule has 0 bridgehead atoms. The molecule has 42 heavy (non-hydrogen) atoms. The summed E-state index contributed by atoms with van der Waals surface area (Å²) in [6.45, 7) is 12.5. The number of aliphatic hydroxyl groups is 1. The summed E-state index contributed by atoms with van der Waals surface area (Å²) in [6, 6.07) is 15.6. The van der Waals surface area contributed by atoms with Crippen LogP contribution >= 0.6 is 0 Å². The zero-order chi connectivity index (χ0) is 29.9. The Hall–Kier alpha value is -4.15. The average Bonchev–Trinajstić information content (AvgIpc) is 3.39. The van der Waals surface area contributed by atoms with Crippen molar-refractivity contribution in [1.82, 2.24) is 24.8 Å². The van der Waals surface area contributed by atoms with Gasteiger partial charge in [0.2, 0.25) is 5.88 Å². The second-order valence-electron chi connectivity index (χ2n) is 11.6. The standard InChI is InChI=1S/C32H41N7O3/c1-6-13-33-31(40)26-12-7-23(18-22(26)2)28-20-34-30-27(35-21-32(3,4)41)19-29(36-39(28)30)42-25-10-8-24(9-11-25)38-16-14-37(5)15-17-38/h7-12,18-20,35,41H,6,13-17,21H2,1-5H3,(H,33,40). The number of carbonyl (C=O) groups is 1. The normalized spacial score (nSPS) is 14.3. The first-order valence-corrected chi connectivity index (χ1v) is 14.6. The first-order chi connectivity index (χ1) is 20.1. The van der Waals surface area contributed by atoms with Crippen LogP contribution in [0, 0.1) is 6.92 Å². The summed E-state index contributed by atoms with van der Waals surface area (Å²) in [7, 11) is 2.15. The number of ether oxygens (including phenoxy) is 1. The van der Waals surface area contributed by atoms with Crippen molar-refractivity contribution in [3.05, 3.63) is 65.9 Å². The van der Waals surface area contributed by atoms with E-state index in [2.05, 4.69) is 44.6 Å². The molecule has 1 aliphatic rings. The van der Waals surface area contributed by atoms with Crippen molar-refractivity contribution < 1.29 is 14.6 Å². The summed E-state index contributed by atoms with van der Waals surface area (Å²) in [6.07, 6.45) is 2.64. The highest BCUT2D eigenvalue weighted by atomic mass is 16.5. The SMILES string of the molecule is CCCNC(=O)c1ccc(-c2cnc3c(NCC(C)(C)O)cc(Oc4ccc(N5CCN(C)CC5)cc4)nn23)cc1C. The van der Waals surface area contributed by atoms with Crippen LogP contribution < -0.4 is 20.3 Å². The van der Waals surface area contributed by atoms with Gasteiger partial charge in [0, 0.05) is 62.1 Å². The number of piperazine rings is 1. The van der Waals surface area contributed by atoms with E-state index in [9.17, 15) is 9.90 Å². The molecule has 3 heterocycles. The lowest BCUT2D eigenvalue weighted by molar-refractivity contribution is 0.0941. The molecule has 1 saturated heterocycles. The molecular weight excluding hydrogens is 530 g/mol. The largest absolute Gasteiger partial charge is 0.438 e. The molecule has 0 aliphatic carbocycles. The Morgan fingerprint density at radius 3 is 2.48 bits per heavy atom. The van der Waals surface area contributed by atoms with Crippen molar-refractivity contribution >= 4 is 22.9 Å². The monoisotopic (exact) mass is 571 g/mol. The van der Waals surface area contributed by atoms with E-state index in [4.69, 9.17) is 9.84 Å². The highest BCUT2D eigenvalue weighted by molar-refractivity contribution is 5.96. The number of amides is 1. The fourth-order valence-corrected chi connectivity index (χ4v) is 4.96. The third kappa shape index (κ3) is 6.83. The lowest BCUT2D eigenvalue weighted by Gasteiger charge is -2.34. The molecule has 10 heteroatoms. The van der Waals surface area contributed by atoms with Crippen LogP contribution in [0.25, 0.3) is 16.9 Å². The number of fused-ring (bicyclic) bond motifs is 1. The number of hydrogen-bond donors (Lipinski definition) is 3. The summed E-state index contributed by atoms with van der Waals surface area (Å²) in [5.41, 5.74) is 4.68. The summed E-state index contributed by atoms with van der Waals surface area (Å²) >= 11 is 0. The van der Waals surface area contributed by atoms with Gasteiger partial charge in [-0.15, -0.1) is 5.10 Å². The van der Waals surface area contributed by atoms with Gasteiger partial charge < -0.3 is 30.3 Å². The maximum atomic E-state index is 12.6. The highest BCUT2D eigenvalue weighted by Crippen LogP contribution is 2.31. The van der Waals surface area contributed by atoms with Gasteiger partial charge in [0.25, 0.3) is 5.91 Å². The lowest BCUT2D eigenvalue weighted by atomic mass is 10.0. The number of benzene rings is 2. The molecule has 2 aromatic carbocycles. The highest BCUT2D eigenvalue weighted by Gasteiger charge is 2.19. The smallest absolute Gasteiger partial charge is 0.251 e. The third-order valence-electron chi connectivity index (χ3n) is 7.39. The van der Waals surface area contributed by atoms with Crippen molar-refractivity contribution in [2.45, 2.75) is 39.7 Å². The number of aromatic nitrogens is 3. The Kier molecular flexibility index (Phi) is 8.65. The molecule has 1 amide bonds. The summed E-state index contributed by atoms with van der Waals surface area (Å²) in [4.78, 5) is 22.0. The van der Waals surface area contributed by atoms with Gasteiger partial charge >= 0.3 is 0 Å². The first kappa shape index (κ1) is 29.3. The van der Waals surface area contributed by atoms with E-state index >= 15 is 0 Å². The fraction of sp³-hybridized carbons (Fsp3) is 0.406. The minimum atomic E-state index is -0.929. The van der Waals surface area contributed by atoms with Crippen molar-refractivity contribution in [1.29, 1.82) is 0 Å². The molecule has 1 fully saturated rings. The van der Waals surface area contributed by atoms with Gasteiger partial charge in [0.15, 0.2) is 5.65 Å². The minimum absolute atomic E-state index is 0.0791. The number of likely N-dealkylation sites (N-methyl/N-ethyl adjacent to an activating group) is 1. The number of hydrogen-bond acceptors (Lipinski definition) is 8. The lowest BCUT2D eigenvalue weighted by Crippen LogP contribution is -2.44. The zero-order valence-electron chi connectivity index (χ0n) is 25.1. The predicted molar refractivity (Wildman–Crippen MR) is 167 cm³/mol. The van der Waals surface area contributed by atoms with Crippen LogP contribution in [-0.2, 0) is 0 Å². The van der Waals surface area contributed by atoms with E-state index in [0.717, 1.165) is 49.4 Å². The number of nitrogens with one attached hydrogen (secondary N) is 2. The molecule has 2 aromatic heterocycles. The Balaban J connectivity index is 1.45. The molecule has 0 spiro atoms.